The fourth-order valence-electron chi connectivity index (χ4n) is 6.73. The average molecular weight is 383 g/mol. The highest BCUT2D eigenvalue weighted by molar-refractivity contribution is 4.85. The Labute approximate surface area is 167 Å². The maximum absolute atomic E-state index is 12.8. The van der Waals surface area contributed by atoms with Gasteiger partial charge in [-0.3, -0.25) is 8.78 Å². The van der Waals surface area contributed by atoms with E-state index in [1.54, 1.807) is 0 Å². The van der Waals surface area contributed by atoms with Crippen LogP contribution in [0.1, 0.15) is 109 Å². The van der Waals surface area contributed by atoms with Crippen LogP contribution in [0.2, 0.25) is 0 Å². The summed E-state index contributed by atoms with van der Waals surface area (Å²) in [7, 11) is 0. The third kappa shape index (κ3) is 6.70. The summed E-state index contributed by atoms with van der Waals surface area (Å²) in [4.78, 5) is 0. The van der Waals surface area contributed by atoms with Crippen molar-refractivity contribution in [2.24, 2.45) is 35.5 Å². The van der Waals surface area contributed by atoms with Crippen molar-refractivity contribution in [3.05, 3.63) is 0 Å². The Hall–Kier alpha value is -0.140. The molecule has 0 atom stereocenters. The highest BCUT2D eigenvalue weighted by atomic mass is 19.1. The van der Waals surface area contributed by atoms with E-state index >= 15 is 0 Å². The van der Waals surface area contributed by atoms with Gasteiger partial charge in [0.1, 0.15) is 0 Å². The van der Waals surface area contributed by atoms with Crippen LogP contribution >= 0.6 is 0 Å². The van der Waals surface area contributed by atoms with Crippen molar-refractivity contribution >= 4 is 0 Å². The molecule has 2 heteroatoms. The quantitative estimate of drug-likeness (QED) is 0.352. The van der Waals surface area contributed by atoms with E-state index in [1.165, 1.54) is 83.5 Å². The Balaban J connectivity index is 1.28. The fourth-order valence-corrected chi connectivity index (χ4v) is 6.73. The first-order valence-electron chi connectivity index (χ1n) is 12.4. The number of rotatable bonds is 9. The van der Waals surface area contributed by atoms with Gasteiger partial charge < -0.3 is 0 Å². The lowest BCUT2D eigenvalue weighted by molar-refractivity contribution is 0.0998. The molecule has 158 valence electrons. The van der Waals surface area contributed by atoms with Gasteiger partial charge in [-0.05, 0) is 106 Å². The predicted octanol–water partition coefficient (Wildman–Crippen LogP) is 8.30. The molecule has 0 N–H and O–H groups in total. The summed E-state index contributed by atoms with van der Waals surface area (Å²) in [6, 6.07) is 0. The first-order valence-corrected chi connectivity index (χ1v) is 12.4. The van der Waals surface area contributed by atoms with Crippen molar-refractivity contribution in [3.8, 4) is 0 Å². The number of hydrogen-bond donors (Lipinski definition) is 0. The smallest absolute Gasteiger partial charge is 0.0922 e. The highest BCUT2D eigenvalue weighted by Crippen LogP contribution is 2.46. The van der Waals surface area contributed by atoms with Crippen LogP contribution in [0.15, 0.2) is 0 Å². The summed E-state index contributed by atoms with van der Waals surface area (Å²) in [5.74, 6) is 5.25. The number of halogens is 2. The fraction of sp³-hybridized carbons (Fsp3) is 1.00. The van der Waals surface area contributed by atoms with Crippen LogP contribution in [0, 0.1) is 35.5 Å². The molecule has 3 aliphatic rings. The summed E-state index contributed by atoms with van der Waals surface area (Å²) < 4.78 is 25.0. The van der Waals surface area contributed by atoms with E-state index in [2.05, 4.69) is 0 Å². The van der Waals surface area contributed by atoms with Crippen LogP contribution in [0.4, 0.5) is 8.78 Å². The van der Waals surface area contributed by atoms with Gasteiger partial charge in [0.25, 0.3) is 0 Å². The molecule has 3 rings (SSSR count). The molecule has 3 saturated carbocycles. The van der Waals surface area contributed by atoms with Crippen LogP contribution in [0.5, 0.6) is 0 Å². The normalized spacial score (nSPS) is 38.0. The number of unbranched alkanes of at least 4 members (excludes halogenated alkanes) is 3. The SMILES string of the molecule is FCCCCCCC1CCC(C2CCC(C3CCC(CF)CC3)CC2)CC1. The topological polar surface area (TPSA) is 0 Å². The Morgan fingerprint density at radius 3 is 1.30 bits per heavy atom. The van der Waals surface area contributed by atoms with E-state index in [0.717, 1.165) is 55.3 Å². The zero-order chi connectivity index (χ0) is 18.9. The van der Waals surface area contributed by atoms with Gasteiger partial charge in [0.15, 0.2) is 0 Å². The van der Waals surface area contributed by atoms with Crippen LogP contribution in [-0.2, 0) is 0 Å². The molecule has 0 unspecified atom stereocenters. The van der Waals surface area contributed by atoms with E-state index < -0.39 is 0 Å². The maximum Gasteiger partial charge on any atom is 0.0922 e. The number of alkyl halides is 2. The molecule has 0 bridgehead atoms. The minimum Gasteiger partial charge on any atom is -0.251 e. The zero-order valence-corrected chi connectivity index (χ0v) is 17.7. The molecular weight excluding hydrogens is 338 g/mol. The van der Waals surface area contributed by atoms with Gasteiger partial charge in [-0.25, -0.2) is 0 Å². The monoisotopic (exact) mass is 382 g/mol. The van der Waals surface area contributed by atoms with Gasteiger partial charge in [-0.1, -0.05) is 38.5 Å². The van der Waals surface area contributed by atoms with Gasteiger partial charge in [0.2, 0.25) is 0 Å². The average Bonchev–Trinajstić information content (AvgIpc) is 2.74. The van der Waals surface area contributed by atoms with E-state index in [9.17, 15) is 8.78 Å². The molecule has 0 heterocycles. The highest BCUT2D eigenvalue weighted by Gasteiger charge is 2.34. The number of hydrogen-bond acceptors (Lipinski definition) is 0. The molecule has 0 aromatic carbocycles. The summed E-state index contributed by atoms with van der Waals surface area (Å²) in [6.07, 6.45) is 22.5. The third-order valence-corrected chi connectivity index (χ3v) is 8.65. The van der Waals surface area contributed by atoms with Crippen LogP contribution in [-0.4, -0.2) is 13.3 Å². The van der Waals surface area contributed by atoms with Crippen molar-refractivity contribution in [1.82, 2.24) is 0 Å². The standard InChI is InChI=1S/C25H44F2/c26-18-4-2-1-3-5-20-6-10-22(11-7-20)24-14-16-25(17-15-24)23-12-8-21(19-27)9-13-23/h20-25H,1-19H2. The first kappa shape index (κ1) is 21.6. The first-order chi connectivity index (χ1) is 13.3. The predicted molar refractivity (Wildman–Crippen MR) is 111 cm³/mol. The molecule has 3 fully saturated rings. The lowest BCUT2D eigenvalue weighted by Gasteiger charge is -2.41. The lowest BCUT2D eigenvalue weighted by Crippen LogP contribution is -2.30. The van der Waals surface area contributed by atoms with Crippen molar-refractivity contribution in [1.29, 1.82) is 0 Å². The molecule has 3 aliphatic carbocycles. The second-order valence-electron chi connectivity index (χ2n) is 10.3. The molecular formula is C25H44F2. The summed E-state index contributed by atoms with van der Waals surface area (Å²) in [5, 5.41) is 0. The molecule has 0 aromatic heterocycles. The second kappa shape index (κ2) is 11.8. The zero-order valence-electron chi connectivity index (χ0n) is 17.7. The Morgan fingerprint density at radius 2 is 0.852 bits per heavy atom. The van der Waals surface area contributed by atoms with Crippen molar-refractivity contribution < 1.29 is 8.78 Å². The molecule has 0 radical (unpaired) electrons. The molecule has 0 amide bonds. The summed E-state index contributed by atoms with van der Waals surface area (Å²) in [6.45, 7) is -0.216. The molecule has 0 spiro atoms. The summed E-state index contributed by atoms with van der Waals surface area (Å²) >= 11 is 0. The molecule has 0 nitrogen and oxygen atoms in total. The molecule has 0 aromatic rings. The van der Waals surface area contributed by atoms with Crippen molar-refractivity contribution in [2.45, 2.75) is 109 Å². The van der Waals surface area contributed by atoms with Gasteiger partial charge in [0.05, 0.1) is 13.3 Å². The van der Waals surface area contributed by atoms with Crippen molar-refractivity contribution in [3.63, 3.8) is 0 Å². The van der Waals surface area contributed by atoms with Crippen LogP contribution in [0.3, 0.4) is 0 Å². The van der Waals surface area contributed by atoms with Crippen molar-refractivity contribution in [2.75, 3.05) is 13.3 Å². The second-order valence-corrected chi connectivity index (χ2v) is 10.3. The van der Waals surface area contributed by atoms with E-state index in [-0.39, 0.29) is 13.3 Å². The lowest BCUT2D eigenvalue weighted by atomic mass is 9.65. The third-order valence-electron chi connectivity index (χ3n) is 8.65. The van der Waals surface area contributed by atoms with Gasteiger partial charge in [-0.2, -0.15) is 0 Å². The minimum absolute atomic E-state index is 0.0836. The van der Waals surface area contributed by atoms with Gasteiger partial charge in [-0.15, -0.1) is 0 Å². The Bertz CT molecular complexity index is 372. The largest absolute Gasteiger partial charge is 0.251 e. The molecule has 27 heavy (non-hydrogen) atoms. The van der Waals surface area contributed by atoms with Crippen LogP contribution in [0.25, 0.3) is 0 Å². The van der Waals surface area contributed by atoms with E-state index in [4.69, 9.17) is 0 Å². The Morgan fingerprint density at radius 1 is 0.444 bits per heavy atom. The van der Waals surface area contributed by atoms with Gasteiger partial charge >= 0.3 is 0 Å². The summed E-state index contributed by atoms with van der Waals surface area (Å²) in [5.41, 5.74) is 0. The van der Waals surface area contributed by atoms with Gasteiger partial charge in [0, 0.05) is 0 Å². The minimum atomic E-state index is -0.133. The Kier molecular flexibility index (Phi) is 9.40. The van der Waals surface area contributed by atoms with E-state index in [0.29, 0.717) is 5.92 Å². The van der Waals surface area contributed by atoms with E-state index in [1.807, 2.05) is 0 Å². The maximum atomic E-state index is 12.8. The molecule has 0 saturated heterocycles. The molecule has 0 aliphatic heterocycles. The van der Waals surface area contributed by atoms with Crippen LogP contribution < -0.4 is 0 Å².